The molecule has 0 radical (unpaired) electrons. The van der Waals surface area contributed by atoms with E-state index in [1.54, 1.807) is 0 Å². The van der Waals surface area contributed by atoms with Crippen LogP contribution in [0.15, 0.2) is 0 Å². The van der Waals surface area contributed by atoms with Gasteiger partial charge < -0.3 is 21.3 Å². The SMILES string of the molecule is C1CNC(CNCCNCC2CCCN2)C1. The van der Waals surface area contributed by atoms with Gasteiger partial charge in [-0.05, 0) is 38.8 Å². The predicted molar refractivity (Wildman–Crippen MR) is 67.8 cm³/mol. The Bertz CT molecular complexity index is 154. The Morgan fingerprint density at radius 3 is 1.69 bits per heavy atom. The third-order valence-electron chi connectivity index (χ3n) is 3.58. The van der Waals surface area contributed by atoms with Crippen LogP contribution in [0.3, 0.4) is 0 Å². The number of hydrogen-bond donors (Lipinski definition) is 4. The van der Waals surface area contributed by atoms with Crippen molar-refractivity contribution >= 4 is 0 Å². The molecule has 0 aliphatic carbocycles. The van der Waals surface area contributed by atoms with Gasteiger partial charge in [-0.15, -0.1) is 0 Å². The monoisotopic (exact) mass is 226 g/mol. The highest BCUT2D eigenvalue weighted by atomic mass is 15.0. The van der Waals surface area contributed by atoms with Crippen LogP contribution >= 0.6 is 0 Å². The van der Waals surface area contributed by atoms with E-state index in [9.17, 15) is 0 Å². The first-order valence-electron chi connectivity index (χ1n) is 6.83. The largest absolute Gasteiger partial charge is 0.314 e. The molecule has 2 unspecified atom stereocenters. The van der Waals surface area contributed by atoms with Crippen molar-refractivity contribution in [3.05, 3.63) is 0 Å². The topological polar surface area (TPSA) is 48.1 Å². The minimum absolute atomic E-state index is 0.719. The van der Waals surface area contributed by atoms with Crippen molar-refractivity contribution in [2.45, 2.75) is 37.8 Å². The van der Waals surface area contributed by atoms with Gasteiger partial charge in [-0.2, -0.15) is 0 Å². The van der Waals surface area contributed by atoms with Crippen LogP contribution in [-0.2, 0) is 0 Å². The van der Waals surface area contributed by atoms with E-state index >= 15 is 0 Å². The second-order valence-corrected chi connectivity index (χ2v) is 4.99. The second-order valence-electron chi connectivity index (χ2n) is 4.99. The highest BCUT2D eigenvalue weighted by Crippen LogP contribution is 2.03. The molecule has 2 rings (SSSR count). The molecule has 0 bridgehead atoms. The van der Waals surface area contributed by atoms with E-state index in [0.717, 1.165) is 38.3 Å². The molecule has 94 valence electrons. The number of hydrogen-bond acceptors (Lipinski definition) is 4. The molecule has 16 heavy (non-hydrogen) atoms. The van der Waals surface area contributed by atoms with E-state index in [1.165, 1.54) is 38.8 Å². The maximum absolute atomic E-state index is 3.51. The molecule has 0 spiro atoms. The molecular weight excluding hydrogens is 200 g/mol. The van der Waals surface area contributed by atoms with Crippen LogP contribution in [0.2, 0.25) is 0 Å². The van der Waals surface area contributed by atoms with E-state index in [-0.39, 0.29) is 0 Å². The fourth-order valence-electron chi connectivity index (χ4n) is 2.59. The Morgan fingerprint density at radius 1 is 0.812 bits per heavy atom. The summed E-state index contributed by atoms with van der Waals surface area (Å²) in [5.74, 6) is 0. The molecule has 0 aromatic heterocycles. The van der Waals surface area contributed by atoms with Crippen molar-refractivity contribution < 1.29 is 0 Å². The zero-order valence-electron chi connectivity index (χ0n) is 10.2. The molecule has 4 N–H and O–H groups in total. The van der Waals surface area contributed by atoms with Crippen LogP contribution in [0.1, 0.15) is 25.7 Å². The maximum atomic E-state index is 3.51. The summed E-state index contributed by atoms with van der Waals surface area (Å²) in [4.78, 5) is 0. The summed E-state index contributed by atoms with van der Waals surface area (Å²) < 4.78 is 0. The molecule has 2 saturated heterocycles. The van der Waals surface area contributed by atoms with Crippen LogP contribution in [0, 0.1) is 0 Å². The number of rotatable bonds is 7. The van der Waals surface area contributed by atoms with Crippen LogP contribution in [0.25, 0.3) is 0 Å². The van der Waals surface area contributed by atoms with Crippen molar-refractivity contribution in [2.24, 2.45) is 0 Å². The molecule has 0 amide bonds. The van der Waals surface area contributed by atoms with Gasteiger partial charge in [0.1, 0.15) is 0 Å². The van der Waals surface area contributed by atoms with E-state index in [0.29, 0.717) is 0 Å². The zero-order valence-corrected chi connectivity index (χ0v) is 10.2. The third kappa shape index (κ3) is 4.37. The van der Waals surface area contributed by atoms with Gasteiger partial charge in [0.25, 0.3) is 0 Å². The van der Waals surface area contributed by atoms with Gasteiger partial charge in [0, 0.05) is 38.3 Å². The second kappa shape index (κ2) is 7.22. The van der Waals surface area contributed by atoms with Gasteiger partial charge in [0.15, 0.2) is 0 Å². The summed E-state index contributed by atoms with van der Waals surface area (Å²) in [6.45, 7) is 6.85. The van der Waals surface area contributed by atoms with Crippen molar-refractivity contribution in [1.82, 2.24) is 21.3 Å². The smallest absolute Gasteiger partial charge is 0.0192 e. The highest BCUT2D eigenvalue weighted by Gasteiger charge is 2.13. The van der Waals surface area contributed by atoms with Gasteiger partial charge >= 0.3 is 0 Å². The summed E-state index contributed by atoms with van der Waals surface area (Å²) in [6, 6.07) is 1.44. The summed E-state index contributed by atoms with van der Waals surface area (Å²) in [5.41, 5.74) is 0. The highest BCUT2D eigenvalue weighted by molar-refractivity contribution is 4.77. The lowest BCUT2D eigenvalue weighted by Crippen LogP contribution is -2.40. The van der Waals surface area contributed by atoms with Crippen LogP contribution in [0.5, 0.6) is 0 Å². The van der Waals surface area contributed by atoms with Crippen molar-refractivity contribution in [2.75, 3.05) is 39.3 Å². The molecule has 2 atom stereocenters. The van der Waals surface area contributed by atoms with Crippen LogP contribution in [-0.4, -0.2) is 51.4 Å². The van der Waals surface area contributed by atoms with Crippen molar-refractivity contribution in [3.63, 3.8) is 0 Å². The van der Waals surface area contributed by atoms with E-state index in [1.807, 2.05) is 0 Å². The predicted octanol–water partition coefficient (Wildman–Crippen LogP) is -0.330. The first-order chi connectivity index (χ1) is 7.95. The molecular formula is C12H26N4. The Balaban J connectivity index is 1.37. The molecule has 2 fully saturated rings. The quantitative estimate of drug-likeness (QED) is 0.449. The molecule has 4 nitrogen and oxygen atoms in total. The Morgan fingerprint density at radius 2 is 1.31 bits per heavy atom. The van der Waals surface area contributed by atoms with E-state index in [4.69, 9.17) is 0 Å². The first kappa shape index (κ1) is 12.3. The molecule has 0 saturated carbocycles. The van der Waals surface area contributed by atoms with E-state index < -0.39 is 0 Å². The van der Waals surface area contributed by atoms with Gasteiger partial charge in [0.05, 0.1) is 0 Å². The normalized spacial score (nSPS) is 30.0. The lowest BCUT2D eigenvalue weighted by atomic mass is 10.2. The minimum Gasteiger partial charge on any atom is -0.314 e. The fraction of sp³-hybridized carbons (Fsp3) is 1.00. The third-order valence-corrected chi connectivity index (χ3v) is 3.58. The Hall–Kier alpha value is -0.160. The first-order valence-corrected chi connectivity index (χ1v) is 6.83. The molecule has 4 heteroatoms. The molecule has 2 aliphatic heterocycles. The van der Waals surface area contributed by atoms with Gasteiger partial charge in [0.2, 0.25) is 0 Å². The Kier molecular flexibility index (Phi) is 5.55. The summed E-state index contributed by atoms with van der Waals surface area (Å²) in [7, 11) is 0. The van der Waals surface area contributed by atoms with Crippen molar-refractivity contribution in [3.8, 4) is 0 Å². The van der Waals surface area contributed by atoms with Crippen LogP contribution < -0.4 is 21.3 Å². The zero-order chi connectivity index (χ0) is 11.1. The van der Waals surface area contributed by atoms with Gasteiger partial charge in [-0.3, -0.25) is 0 Å². The molecule has 2 aliphatic rings. The summed E-state index contributed by atoms with van der Waals surface area (Å²) >= 11 is 0. The minimum atomic E-state index is 0.719. The fourth-order valence-corrected chi connectivity index (χ4v) is 2.59. The van der Waals surface area contributed by atoms with E-state index in [2.05, 4.69) is 21.3 Å². The molecule has 2 heterocycles. The maximum Gasteiger partial charge on any atom is 0.0192 e. The average Bonchev–Trinajstić information content (AvgIpc) is 2.96. The average molecular weight is 226 g/mol. The summed E-state index contributed by atoms with van der Waals surface area (Å²) in [5, 5.41) is 14.0. The lowest BCUT2D eigenvalue weighted by Gasteiger charge is -2.13. The van der Waals surface area contributed by atoms with Gasteiger partial charge in [-0.1, -0.05) is 0 Å². The standard InChI is InChI=1S/C12H26N4/c1-3-11(15-5-1)9-13-7-8-14-10-12-4-2-6-16-12/h11-16H,1-10H2. The molecule has 0 aromatic rings. The summed E-state index contributed by atoms with van der Waals surface area (Å²) in [6.07, 6.45) is 5.37. The van der Waals surface area contributed by atoms with Gasteiger partial charge in [-0.25, -0.2) is 0 Å². The number of nitrogens with one attached hydrogen (secondary N) is 4. The lowest BCUT2D eigenvalue weighted by molar-refractivity contribution is 0.500. The van der Waals surface area contributed by atoms with Crippen molar-refractivity contribution in [1.29, 1.82) is 0 Å². The molecule has 0 aromatic carbocycles. The van der Waals surface area contributed by atoms with Crippen LogP contribution in [0.4, 0.5) is 0 Å². The Labute approximate surface area is 98.9 Å².